The molecular weight excluding hydrogens is 334 g/mol. The zero-order valence-corrected chi connectivity index (χ0v) is 17.4. The van der Waals surface area contributed by atoms with Crippen molar-refractivity contribution in [3.8, 4) is 0 Å². The van der Waals surface area contributed by atoms with Gasteiger partial charge in [0, 0.05) is 24.4 Å². The second-order valence-electron chi connectivity index (χ2n) is 10.7. The molecule has 1 amide bonds. The number of carbonyl (C=O) groups excluding carboxylic acids is 1. The second-order valence-corrected chi connectivity index (χ2v) is 10.7. The lowest BCUT2D eigenvalue weighted by atomic mass is 9.67. The smallest absolute Gasteiger partial charge is 0.225 e. The standard InChI is InChI=1S/C24H35NO2/c1-5-24(27)13-19(14-24)21(26)25-15-23(16-25)10-9-18(12-23)17-7-6-8-20(11-17)22(2,3)4/h6-8,11,18-19,27H,5,9-10,12-16H2,1-4H3/t18?,19-,24+. The summed E-state index contributed by atoms with van der Waals surface area (Å²) in [6, 6.07) is 9.16. The van der Waals surface area contributed by atoms with E-state index in [0.29, 0.717) is 24.2 Å². The average Bonchev–Trinajstić information content (AvgIpc) is 3.02. The number of hydrogen-bond acceptors (Lipinski definition) is 2. The lowest BCUT2D eigenvalue weighted by Crippen LogP contribution is -2.61. The first-order chi connectivity index (χ1) is 12.6. The van der Waals surface area contributed by atoms with Gasteiger partial charge in [0.2, 0.25) is 5.91 Å². The highest BCUT2D eigenvalue weighted by atomic mass is 16.3. The van der Waals surface area contributed by atoms with E-state index in [1.807, 2.05) is 6.92 Å². The van der Waals surface area contributed by atoms with Crippen LogP contribution in [0.1, 0.15) is 83.3 Å². The van der Waals surface area contributed by atoms with Gasteiger partial charge in [0.25, 0.3) is 0 Å². The van der Waals surface area contributed by atoms with E-state index in [2.05, 4.69) is 49.9 Å². The quantitative estimate of drug-likeness (QED) is 0.844. The molecule has 3 nitrogen and oxygen atoms in total. The Labute approximate surface area is 164 Å². The fourth-order valence-corrected chi connectivity index (χ4v) is 5.54. The molecule has 0 aromatic heterocycles. The lowest BCUT2D eigenvalue weighted by molar-refractivity contribution is -0.163. The summed E-state index contributed by atoms with van der Waals surface area (Å²) in [5.74, 6) is 0.989. The van der Waals surface area contributed by atoms with Crippen LogP contribution < -0.4 is 0 Å². The van der Waals surface area contributed by atoms with Crippen LogP contribution in [-0.2, 0) is 10.2 Å². The zero-order valence-electron chi connectivity index (χ0n) is 17.4. The summed E-state index contributed by atoms with van der Waals surface area (Å²) < 4.78 is 0. The third-order valence-corrected chi connectivity index (χ3v) is 7.55. The first-order valence-corrected chi connectivity index (χ1v) is 10.7. The van der Waals surface area contributed by atoms with Gasteiger partial charge >= 0.3 is 0 Å². The maximum Gasteiger partial charge on any atom is 0.225 e. The monoisotopic (exact) mass is 369 g/mol. The van der Waals surface area contributed by atoms with Gasteiger partial charge in [-0.25, -0.2) is 0 Å². The summed E-state index contributed by atoms with van der Waals surface area (Å²) in [6.07, 6.45) is 5.78. The van der Waals surface area contributed by atoms with E-state index >= 15 is 0 Å². The number of benzene rings is 1. The van der Waals surface area contributed by atoms with Gasteiger partial charge in [0.15, 0.2) is 0 Å². The summed E-state index contributed by atoms with van der Waals surface area (Å²) in [7, 11) is 0. The van der Waals surface area contributed by atoms with E-state index in [1.54, 1.807) is 0 Å². The van der Waals surface area contributed by atoms with Crippen LogP contribution in [0, 0.1) is 11.3 Å². The Morgan fingerprint density at radius 3 is 2.56 bits per heavy atom. The van der Waals surface area contributed by atoms with Crippen molar-refractivity contribution in [2.75, 3.05) is 13.1 Å². The molecule has 1 atom stereocenters. The number of rotatable bonds is 3. The normalized spacial score (nSPS) is 32.3. The van der Waals surface area contributed by atoms with Crippen LogP contribution in [0.3, 0.4) is 0 Å². The number of carbonyl (C=O) groups is 1. The van der Waals surface area contributed by atoms with Crippen molar-refractivity contribution in [1.82, 2.24) is 4.90 Å². The minimum atomic E-state index is -0.570. The summed E-state index contributed by atoms with van der Waals surface area (Å²) in [5, 5.41) is 10.2. The van der Waals surface area contributed by atoms with Crippen LogP contribution in [0.5, 0.6) is 0 Å². The van der Waals surface area contributed by atoms with Crippen molar-refractivity contribution in [3.63, 3.8) is 0 Å². The number of likely N-dealkylation sites (tertiary alicyclic amines) is 1. The predicted molar refractivity (Wildman–Crippen MR) is 109 cm³/mol. The Kier molecular flexibility index (Phi) is 4.46. The number of hydrogen-bond donors (Lipinski definition) is 1. The van der Waals surface area contributed by atoms with E-state index in [1.165, 1.54) is 30.4 Å². The SMILES string of the molecule is CC[C@]1(O)C[C@@H](C(=O)N2CC3(CCC(c4cccc(C(C)(C)C)c4)C3)C2)C1. The molecule has 2 saturated carbocycles. The number of amides is 1. The first-order valence-electron chi connectivity index (χ1n) is 10.7. The molecule has 1 aromatic rings. The molecule has 2 aliphatic carbocycles. The van der Waals surface area contributed by atoms with Crippen LogP contribution in [0.4, 0.5) is 0 Å². The van der Waals surface area contributed by atoms with Crippen molar-refractivity contribution >= 4 is 5.91 Å². The molecule has 148 valence electrons. The van der Waals surface area contributed by atoms with Gasteiger partial charge in [-0.1, -0.05) is 52.0 Å². The molecule has 3 aliphatic rings. The molecule has 27 heavy (non-hydrogen) atoms. The summed E-state index contributed by atoms with van der Waals surface area (Å²) in [4.78, 5) is 14.7. The fraction of sp³-hybridized carbons (Fsp3) is 0.708. The summed E-state index contributed by atoms with van der Waals surface area (Å²) >= 11 is 0. The Hall–Kier alpha value is -1.35. The third kappa shape index (κ3) is 3.44. The Morgan fingerprint density at radius 1 is 1.22 bits per heavy atom. The van der Waals surface area contributed by atoms with E-state index in [-0.39, 0.29) is 17.2 Å². The third-order valence-electron chi connectivity index (χ3n) is 7.55. The molecule has 0 radical (unpaired) electrons. The maximum absolute atomic E-state index is 12.7. The molecule has 1 aliphatic heterocycles. The van der Waals surface area contributed by atoms with Crippen LogP contribution >= 0.6 is 0 Å². The molecule has 1 heterocycles. The minimum absolute atomic E-state index is 0.0629. The van der Waals surface area contributed by atoms with Crippen molar-refractivity contribution < 1.29 is 9.90 Å². The van der Waals surface area contributed by atoms with Gasteiger partial charge in [0.1, 0.15) is 0 Å². The number of aliphatic hydroxyl groups is 1. The fourth-order valence-electron chi connectivity index (χ4n) is 5.54. The van der Waals surface area contributed by atoms with Crippen LogP contribution in [0.15, 0.2) is 24.3 Å². The second kappa shape index (κ2) is 6.34. The van der Waals surface area contributed by atoms with Crippen molar-refractivity contribution in [1.29, 1.82) is 0 Å². The van der Waals surface area contributed by atoms with Crippen LogP contribution in [-0.4, -0.2) is 34.6 Å². The average molecular weight is 370 g/mol. The van der Waals surface area contributed by atoms with Gasteiger partial charge in [-0.3, -0.25) is 4.79 Å². The zero-order chi connectivity index (χ0) is 19.4. The highest BCUT2D eigenvalue weighted by molar-refractivity contribution is 5.81. The number of nitrogens with zero attached hydrogens (tertiary/aromatic N) is 1. The van der Waals surface area contributed by atoms with E-state index in [9.17, 15) is 9.90 Å². The van der Waals surface area contributed by atoms with Crippen molar-refractivity contribution in [2.45, 2.75) is 83.2 Å². The Balaban J connectivity index is 1.34. The Bertz CT molecular complexity index is 720. The molecule has 3 heteroatoms. The van der Waals surface area contributed by atoms with Gasteiger partial charge in [-0.2, -0.15) is 0 Å². The molecule has 3 fully saturated rings. The highest BCUT2D eigenvalue weighted by Crippen LogP contribution is 2.53. The van der Waals surface area contributed by atoms with Crippen LogP contribution in [0.25, 0.3) is 0 Å². The molecule has 1 spiro atoms. The Morgan fingerprint density at radius 2 is 1.93 bits per heavy atom. The van der Waals surface area contributed by atoms with E-state index < -0.39 is 5.60 Å². The maximum atomic E-state index is 12.7. The topological polar surface area (TPSA) is 40.5 Å². The van der Waals surface area contributed by atoms with Crippen LogP contribution in [0.2, 0.25) is 0 Å². The molecule has 0 bridgehead atoms. The highest BCUT2D eigenvalue weighted by Gasteiger charge is 2.53. The molecule has 1 saturated heterocycles. The molecule has 4 rings (SSSR count). The van der Waals surface area contributed by atoms with Gasteiger partial charge < -0.3 is 10.0 Å². The van der Waals surface area contributed by atoms with Crippen molar-refractivity contribution in [2.24, 2.45) is 11.3 Å². The molecular formula is C24H35NO2. The van der Waals surface area contributed by atoms with Gasteiger partial charge in [0.05, 0.1) is 5.60 Å². The van der Waals surface area contributed by atoms with Gasteiger partial charge in [-0.15, -0.1) is 0 Å². The van der Waals surface area contributed by atoms with Crippen molar-refractivity contribution in [3.05, 3.63) is 35.4 Å². The summed E-state index contributed by atoms with van der Waals surface area (Å²) in [6.45, 7) is 10.7. The lowest BCUT2D eigenvalue weighted by Gasteiger charge is -2.52. The molecule has 1 N–H and O–H groups in total. The molecule has 1 aromatic carbocycles. The minimum Gasteiger partial charge on any atom is -0.390 e. The molecule has 1 unspecified atom stereocenters. The van der Waals surface area contributed by atoms with E-state index in [0.717, 1.165) is 19.5 Å². The van der Waals surface area contributed by atoms with E-state index in [4.69, 9.17) is 0 Å². The first kappa shape index (κ1) is 19.0. The van der Waals surface area contributed by atoms with Gasteiger partial charge in [-0.05, 0) is 61.0 Å². The largest absolute Gasteiger partial charge is 0.390 e. The summed E-state index contributed by atoms with van der Waals surface area (Å²) in [5.41, 5.74) is 2.87. The predicted octanol–water partition coefficient (Wildman–Crippen LogP) is 4.63.